The molecule has 7 heteroatoms. The van der Waals surface area contributed by atoms with E-state index in [9.17, 15) is 14.9 Å². The van der Waals surface area contributed by atoms with E-state index < -0.39 is 4.92 Å². The molecule has 7 nitrogen and oxygen atoms in total. The topological polar surface area (TPSA) is 91.8 Å². The Bertz CT molecular complexity index is 1050. The number of ether oxygens (including phenoxy) is 2. The van der Waals surface area contributed by atoms with Crippen molar-refractivity contribution in [2.24, 2.45) is 0 Å². The van der Waals surface area contributed by atoms with E-state index >= 15 is 0 Å². The Morgan fingerprint density at radius 3 is 2.50 bits per heavy atom. The molecule has 0 saturated heterocycles. The first kappa shape index (κ1) is 18.9. The highest BCUT2D eigenvalue weighted by molar-refractivity contribution is 6.07. The van der Waals surface area contributed by atoms with Crippen molar-refractivity contribution in [3.05, 3.63) is 82.1 Å². The summed E-state index contributed by atoms with van der Waals surface area (Å²) in [5.74, 6) is 1.50. The molecule has 1 heterocycles. The fraction of sp³-hybridized carbons (Fsp3) is 0.0952. The van der Waals surface area contributed by atoms with Gasteiger partial charge in [0.05, 0.1) is 24.7 Å². The SMILES string of the molecule is COc1ccc(C(=O)C=Cc2ccc(-c3ccccc3[N+](=O)[O-])o2)cc1OC. The highest BCUT2D eigenvalue weighted by Crippen LogP contribution is 2.31. The van der Waals surface area contributed by atoms with Gasteiger partial charge in [0.1, 0.15) is 11.5 Å². The van der Waals surface area contributed by atoms with Crippen LogP contribution in [0.25, 0.3) is 17.4 Å². The fourth-order valence-electron chi connectivity index (χ4n) is 2.67. The molecule has 0 radical (unpaired) electrons. The van der Waals surface area contributed by atoms with Crippen molar-refractivity contribution in [2.75, 3.05) is 14.2 Å². The number of nitro benzene ring substituents is 1. The van der Waals surface area contributed by atoms with Crippen LogP contribution in [0, 0.1) is 10.1 Å². The summed E-state index contributed by atoms with van der Waals surface area (Å²) in [5, 5.41) is 11.2. The summed E-state index contributed by atoms with van der Waals surface area (Å²) in [5.41, 5.74) is 0.756. The standard InChI is InChI=1S/C21H17NO6/c1-26-20-11-7-14(13-21(20)27-2)18(23)10-8-15-9-12-19(28-15)16-5-3-4-6-17(16)22(24)25/h3-13H,1-2H3. The quantitative estimate of drug-likeness (QED) is 0.254. The second-order valence-electron chi connectivity index (χ2n) is 5.74. The third-order valence-electron chi connectivity index (χ3n) is 4.06. The van der Waals surface area contributed by atoms with E-state index in [1.807, 2.05) is 0 Å². The molecule has 0 fully saturated rings. The molecule has 0 aliphatic carbocycles. The number of benzene rings is 2. The molecule has 0 aliphatic heterocycles. The van der Waals surface area contributed by atoms with E-state index in [4.69, 9.17) is 13.9 Å². The number of furan rings is 1. The van der Waals surface area contributed by atoms with Crippen LogP contribution in [0.2, 0.25) is 0 Å². The molecule has 0 bridgehead atoms. The molecule has 0 aliphatic rings. The van der Waals surface area contributed by atoms with Crippen LogP contribution in [0.3, 0.4) is 0 Å². The molecular formula is C21H17NO6. The first-order valence-corrected chi connectivity index (χ1v) is 8.31. The zero-order chi connectivity index (χ0) is 20.1. The Kier molecular flexibility index (Phi) is 5.55. The highest BCUT2D eigenvalue weighted by Gasteiger charge is 2.17. The van der Waals surface area contributed by atoms with Crippen LogP contribution in [0.1, 0.15) is 16.1 Å². The second-order valence-corrected chi connectivity index (χ2v) is 5.74. The monoisotopic (exact) mass is 379 g/mol. The molecular weight excluding hydrogens is 362 g/mol. The van der Waals surface area contributed by atoms with Gasteiger partial charge in [-0.3, -0.25) is 14.9 Å². The van der Waals surface area contributed by atoms with Crippen molar-refractivity contribution >= 4 is 17.5 Å². The van der Waals surface area contributed by atoms with Crippen molar-refractivity contribution < 1.29 is 23.6 Å². The number of hydrogen-bond donors (Lipinski definition) is 0. The lowest BCUT2D eigenvalue weighted by molar-refractivity contribution is -0.384. The molecule has 0 atom stereocenters. The molecule has 0 amide bonds. The lowest BCUT2D eigenvalue weighted by Gasteiger charge is -2.07. The van der Waals surface area contributed by atoms with Gasteiger partial charge in [0.2, 0.25) is 0 Å². The largest absolute Gasteiger partial charge is 0.493 e. The normalized spacial score (nSPS) is 10.8. The van der Waals surface area contributed by atoms with Crippen LogP contribution >= 0.6 is 0 Å². The van der Waals surface area contributed by atoms with Gasteiger partial charge in [0.25, 0.3) is 5.69 Å². The Balaban J connectivity index is 1.81. The Labute approximate surface area is 161 Å². The van der Waals surface area contributed by atoms with Crippen molar-refractivity contribution in [3.8, 4) is 22.8 Å². The predicted molar refractivity (Wildman–Crippen MR) is 104 cm³/mol. The van der Waals surface area contributed by atoms with Crippen molar-refractivity contribution in [1.82, 2.24) is 0 Å². The summed E-state index contributed by atoms with van der Waals surface area (Å²) in [7, 11) is 3.01. The Morgan fingerprint density at radius 1 is 1.04 bits per heavy atom. The zero-order valence-corrected chi connectivity index (χ0v) is 15.2. The summed E-state index contributed by atoms with van der Waals surface area (Å²) in [6, 6.07) is 14.5. The van der Waals surface area contributed by atoms with Crippen LogP contribution in [0.4, 0.5) is 5.69 Å². The molecule has 0 unspecified atom stereocenters. The third kappa shape index (κ3) is 3.93. The van der Waals surface area contributed by atoms with Gasteiger partial charge >= 0.3 is 0 Å². The van der Waals surface area contributed by atoms with Crippen molar-refractivity contribution in [1.29, 1.82) is 0 Å². The number of ketones is 1. The van der Waals surface area contributed by atoms with Gasteiger partial charge in [-0.2, -0.15) is 0 Å². The van der Waals surface area contributed by atoms with Crippen LogP contribution in [-0.2, 0) is 0 Å². The van der Waals surface area contributed by atoms with Gasteiger partial charge in [-0.1, -0.05) is 12.1 Å². The minimum atomic E-state index is -0.464. The fourth-order valence-corrected chi connectivity index (χ4v) is 2.67. The van der Waals surface area contributed by atoms with Crippen LogP contribution in [0.5, 0.6) is 11.5 Å². The summed E-state index contributed by atoms with van der Waals surface area (Å²) >= 11 is 0. The third-order valence-corrected chi connectivity index (χ3v) is 4.06. The average molecular weight is 379 g/mol. The van der Waals surface area contributed by atoms with Crippen LogP contribution in [-0.4, -0.2) is 24.9 Å². The predicted octanol–water partition coefficient (Wildman–Crippen LogP) is 4.77. The van der Waals surface area contributed by atoms with Crippen LogP contribution in [0.15, 0.2) is 65.1 Å². The van der Waals surface area contributed by atoms with Crippen molar-refractivity contribution in [3.63, 3.8) is 0 Å². The molecule has 3 rings (SSSR count). The van der Waals surface area contributed by atoms with Gasteiger partial charge in [0.15, 0.2) is 17.3 Å². The molecule has 0 saturated carbocycles. The lowest BCUT2D eigenvalue weighted by atomic mass is 10.1. The molecule has 0 N–H and O–H groups in total. The van der Waals surface area contributed by atoms with Crippen LogP contribution < -0.4 is 9.47 Å². The zero-order valence-electron chi connectivity index (χ0n) is 15.2. The number of para-hydroxylation sites is 1. The minimum absolute atomic E-state index is 0.0474. The molecule has 2 aromatic carbocycles. The first-order valence-electron chi connectivity index (χ1n) is 8.31. The smallest absolute Gasteiger partial charge is 0.280 e. The molecule has 3 aromatic rings. The number of carbonyl (C=O) groups is 1. The van der Waals surface area contributed by atoms with E-state index in [1.165, 1.54) is 32.4 Å². The van der Waals surface area contributed by atoms with E-state index in [0.29, 0.717) is 34.1 Å². The number of methoxy groups -OCH3 is 2. The van der Waals surface area contributed by atoms with Gasteiger partial charge < -0.3 is 13.9 Å². The minimum Gasteiger partial charge on any atom is -0.493 e. The molecule has 28 heavy (non-hydrogen) atoms. The maximum atomic E-state index is 12.4. The van der Waals surface area contributed by atoms with E-state index in [1.54, 1.807) is 48.5 Å². The Hall–Kier alpha value is -3.87. The number of carbonyl (C=O) groups excluding carboxylic acids is 1. The number of allylic oxidation sites excluding steroid dienone is 1. The van der Waals surface area contributed by atoms with Gasteiger partial charge in [-0.15, -0.1) is 0 Å². The summed E-state index contributed by atoms with van der Waals surface area (Å²) in [4.78, 5) is 23.1. The lowest BCUT2D eigenvalue weighted by Crippen LogP contribution is -1.97. The first-order chi connectivity index (χ1) is 13.5. The van der Waals surface area contributed by atoms with Gasteiger partial charge in [0, 0.05) is 11.6 Å². The number of nitro groups is 1. The summed E-state index contributed by atoms with van der Waals surface area (Å²) in [6.07, 6.45) is 2.88. The van der Waals surface area contributed by atoms with E-state index in [-0.39, 0.29) is 11.5 Å². The van der Waals surface area contributed by atoms with Crippen molar-refractivity contribution in [2.45, 2.75) is 0 Å². The van der Waals surface area contributed by atoms with E-state index in [2.05, 4.69) is 0 Å². The second kappa shape index (κ2) is 8.22. The number of nitrogens with zero attached hydrogens (tertiary/aromatic N) is 1. The van der Waals surface area contributed by atoms with Gasteiger partial charge in [-0.25, -0.2) is 0 Å². The average Bonchev–Trinajstić information content (AvgIpc) is 3.20. The molecule has 0 spiro atoms. The number of rotatable bonds is 7. The summed E-state index contributed by atoms with van der Waals surface area (Å²) in [6.45, 7) is 0. The maximum absolute atomic E-state index is 12.4. The highest BCUT2D eigenvalue weighted by atomic mass is 16.6. The molecule has 1 aromatic heterocycles. The molecule has 142 valence electrons. The van der Waals surface area contributed by atoms with E-state index in [0.717, 1.165) is 0 Å². The summed E-state index contributed by atoms with van der Waals surface area (Å²) < 4.78 is 16.0. The van der Waals surface area contributed by atoms with Gasteiger partial charge in [-0.05, 0) is 48.6 Å². The Morgan fingerprint density at radius 2 is 1.79 bits per heavy atom. The number of hydrogen-bond acceptors (Lipinski definition) is 6. The maximum Gasteiger partial charge on any atom is 0.280 e.